The van der Waals surface area contributed by atoms with Crippen LogP contribution < -0.4 is 10.1 Å². The molecule has 0 radical (unpaired) electrons. The highest BCUT2D eigenvalue weighted by Crippen LogP contribution is 2.22. The Labute approximate surface area is 127 Å². The number of rotatable bonds is 6. The molecular weight excluding hydrogens is 291 g/mol. The zero-order valence-electron chi connectivity index (χ0n) is 12.0. The molecule has 0 atom stereocenters. The maximum Gasteiger partial charge on any atom is 0.229 e. The van der Waals surface area contributed by atoms with Crippen LogP contribution in [0.5, 0.6) is 5.75 Å². The maximum atomic E-state index is 12.7. The number of aryl methyl sites for hydroxylation is 2. The lowest BCUT2D eigenvalue weighted by molar-refractivity contribution is -0.116. The van der Waals surface area contributed by atoms with E-state index >= 15 is 0 Å². The highest BCUT2D eigenvalue weighted by atomic mass is 32.1. The van der Waals surface area contributed by atoms with Gasteiger partial charge in [-0.25, -0.2) is 9.37 Å². The number of amides is 1. The van der Waals surface area contributed by atoms with Crippen LogP contribution in [0.1, 0.15) is 23.9 Å². The number of ether oxygens (including phenoxy) is 1. The summed E-state index contributed by atoms with van der Waals surface area (Å²) < 4.78 is 18.1. The molecule has 2 rings (SSSR count). The molecule has 0 aliphatic carbocycles. The topological polar surface area (TPSA) is 51.2 Å². The van der Waals surface area contributed by atoms with E-state index in [1.807, 2.05) is 13.8 Å². The van der Waals surface area contributed by atoms with Crippen LogP contribution in [0.2, 0.25) is 0 Å². The predicted octanol–water partition coefficient (Wildman–Crippen LogP) is 3.56. The van der Waals surface area contributed by atoms with Crippen LogP contribution in [-0.4, -0.2) is 17.5 Å². The van der Waals surface area contributed by atoms with E-state index in [-0.39, 0.29) is 24.8 Å². The third kappa shape index (κ3) is 4.53. The monoisotopic (exact) mass is 308 g/mol. The Morgan fingerprint density at radius 1 is 1.38 bits per heavy atom. The van der Waals surface area contributed by atoms with E-state index < -0.39 is 0 Å². The van der Waals surface area contributed by atoms with E-state index in [9.17, 15) is 9.18 Å². The Bertz CT molecular complexity index is 611. The molecular formula is C15H17FN2O2S. The standard InChI is InChI=1S/C15H17FN2O2S/c1-3-13-10(2)21-15(17-13)18-14(19)8-9-20-12-6-4-11(16)5-7-12/h4-7H,3,8-9H2,1-2H3,(H,17,18,19). The number of carbonyl (C=O) groups is 1. The van der Waals surface area contributed by atoms with Crippen molar-refractivity contribution in [2.24, 2.45) is 0 Å². The fourth-order valence-corrected chi connectivity index (χ4v) is 2.70. The summed E-state index contributed by atoms with van der Waals surface area (Å²) in [6, 6.07) is 5.70. The lowest BCUT2D eigenvalue weighted by atomic mass is 10.3. The van der Waals surface area contributed by atoms with Crippen LogP contribution in [0.3, 0.4) is 0 Å². The Morgan fingerprint density at radius 2 is 2.10 bits per heavy atom. The van der Waals surface area contributed by atoms with E-state index in [0.29, 0.717) is 10.9 Å². The molecule has 0 aliphatic rings. The molecule has 6 heteroatoms. The number of hydrogen-bond acceptors (Lipinski definition) is 4. The summed E-state index contributed by atoms with van der Waals surface area (Å²) in [5.41, 5.74) is 1.01. The van der Waals surface area contributed by atoms with Gasteiger partial charge in [0.1, 0.15) is 11.6 Å². The van der Waals surface area contributed by atoms with Crippen molar-refractivity contribution >= 4 is 22.4 Å². The number of hydrogen-bond donors (Lipinski definition) is 1. The second-order valence-electron chi connectivity index (χ2n) is 4.48. The Morgan fingerprint density at radius 3 is 2.71 bits per heavy atom. The number of nitrogens with one attached hydrogen (secondary N) is 1. The van der Waals surface area contributed by atoms with Crippen LogP contribution in [0.15, 0.2) is 24.3 Å². The molecule has 0 saturated heterocycles. The summed E-state index contributed by atoms with van der Waals surface area (Å²) in [7, 11) is 0. The zero-order valence-corrected chi connectivity index (χ0v) is 12.8. The molecule has 21 heavy (non-hydrogen) atoms. The van der Waals surface area contributed by atoms with E-state index in [4.69, 9.17) is 4.74 Å². The van der Waals surface area contributed by atoms with Crippen molar-refractivity contribution in [2.45, 2.75) is 26.7 Å². The lowest BCUT2D eigenvalue weighted by Crippen LogP contribution is -2.15. The summed E-state index contributed by atoms with van der Waals surface area (Å²) in [4.78, 5) is 17.3. The van der Waals surface area contributed by atoms with Crippen molar-refractivity contribution in [1.29, 1.82) is 0 Å². The van der Waals surface area contributed by atoms with Gasteiger partial charge in [0, 0.05) is 4.88 Å². The molecule has 0 fully saturated rings. The smallest absolute Gasteiger partial charge is 0.229 e. The first kappa shape index (κ1) is 15.4. The average Bonchev–Trinajstić information content (AvgIpc) is 2.81. The lowest BCUT2D eigenvalue weighted by Gasteiger charge is -2.05. The summed E-state index contributed by atoms with van der Waals surface area (Å²) in [6.07, 6.45) is 1.07. The van der Waals surface area contributed by atoms with Gasteiger partial charge in [0.05, 0.1) is 18.7 Å². The van der Waals surface area contributed by atoms with Crippen molar-refractivity contribution in [3.05, 3.63) is 40.7 Å². The molecule has 1 heterocycles. The van der Waals surface area contributed by atoms with Gasteiger partial charge in [-0.05, 0) is 37.6 Å². The average molecular weight is 308 g/mol. The van der Waals surface area contributed by atoms with Crippen molar-refractivity contribution in [1.82, 2.24) is 4.98 Å². The van der Waals surface area contributed by atoms with Crippen LogP contribution in [0, 0.1) is 12.7 Å². The minimum absolute atomic E-state index is 0.145. The fourth-order valence-electron chi connectivity index (χ4n) is 1.78. The molecule has 112 valence electrons. The Balaban J connectivity index is 1.78. The first-order valence-corrected chi connectivity index (χ1v) is 7.54. The second kappa shape index (κ2) is 7.17. The third-order valence-electron chi connectivity index (χ3n) is 2.89. The largest absolute Gasteiger partial charge is 0.493 e. The van der Waals surface area contributed by atoms with Crippen LogP contribution in [0.25, 0.3) is 0 Å². The number of benzene rings is 1. The van der Waals surface area contributed by atoms with Crippen LogP contribution in [-0.2, 0) is 11.2 Å². The minimum atomic E-state index is -0.314. The zero-order chi connectivity index (χ0) is 15.2. The highest BCUT2D eigenvalue weighted by molar-refractivity contribution is 7.15. The van der Waals surface area contributed by atoms with Crippen molar-refractivity contribution in [3.63, 3.8) is 0 Å². The normalized spacial score (nSPS) is 10.4. The van der Waals surface area contributed by atoms with Crippen molar-refractivity contribution in [2.75, 3.05) is 11.9 Å². The SMILES string of the molecule is CCc1nc(NC(=O)CCOc2ccc(F)cc2)sc1C. The minimum Gasteiger partial charge on any atom is -0.493 e. The van der Waals surface area contributed by atoms with Gasteiger partial charge in [0.25, 0.3) is 0 Å². The number of aromatic nitrogens is 1. The first-order valence-electron chi connectivity index (χ1n) is 6.73. The maximum absolute atomic E-state index is 12.7. The Hall–Kier alpha value is -1.95. The van der Waals surface area contributed by atoms with E-state index in [2.05, 4.69) is 10.3 Å². The number of halogens is 1. The van der Waals surface area contributed by atoms with Crippen molar-refractivity contribution in [3.8, 4) is 5.75 Å². The van der Waals surface area contributed by atoms with Gasteiger partial charge in [-0.3, -0.25) is 4.79 Å². The van der Waals surface area contributed by atoms with Crippen molar-refractivity contribution < 1.29 is 13.9 Å². The van der Waals surface area contributed by atoms with Crippen LogP contribution >= 0.6 is 11.3 Å². The number of thiazole rings is 1. The first-order chi connectivity index (χ1) is 10.1. The van der Waals surface area contributed by atoms with Gasteiger partial charge in [0.2, 0.25) is 5.91 Å². The van der Waals surface area contributed by atoms with Gasteiger partial charge in [-0.1, -0.05) is 6.92 Å². The van der Waals surface area contributed by atoms with E-state index in [0.717, 1.165) is 17.0 Å². The van der Waals surface area contributed by atoms with E-state index in [1.54, 1.807) is 0 Å². The molecule has 2 aromatic rings. The second-order valence-corrected chi connectivity index (χ2v) is 5.68. The molecule has 1 aromatic heterocycles. The van der Waals surface area contributed by atoms with Gasteiger partial charge in [-0.2, -0.15) is 0 Å². The molecule has 0 unspecified atom stereocenters. The van der Waals surface area contributed by atoms with Crippen LogP contribution in [0.4, 0.5) is 9.52 Å². The number of carbonyl (C=O) groups excluding carboxylic acids is 1. The number of anilines is 1. The number of nitrogens with zero attached hydrogens (tertiary/aromatic N) is 1. The summed E-state index contributed by atoms with van der Waals surface area (Å²) in [5.74, 6) is 0.0852. The highest BCUT2D eigenvalue weighted by Gasteiger charge is 2.09. The Kier molecular flexibility index (Phi) is 5.27. The molecule has 1 N–H and O–H groups in total. The summed E-state index contributed by atoms with van der Waals surface area (Å²) >= 11 is 1.47. The van der Waals surface area contributed by atoms with Gasteiger partial charge < -0.3 is 10.1 Å². The predicted molar refractivity (Wildman–Crippen MR) is 81.4 cm³/mol. The quantitative estimate of drug-likeness (QED) is 0.887. The van der Waals surface area contributed by atoms with Gasteiger partial charge in [0.15, 0.2) is 5.13 Å². The fraction of sp³-hybridized carbons (Fsp3) is 0.333. The van der Waals surface area contributed by atoms with Gasteiger partial charge in [-0.15, -0.1) is 11.3 Å². The molecule has 1 amide bonds. The molecule has 0 spiro atoms. The van der Waals surface area contributed by atoms with E-state index in [1.165, 1.54) is 35.6 Å². The molecule has 0 bridgehead atoms. The molecule has 1 aromatic carbocycles. The third-order valence-corrected chi connectivity index (χ3v) is 3.81. The molecule has 4 nitrogen and oxygen atoms in total. The summed E-state index contributed by atoms with van der Waals surface area (Å²) in [5, 5.41) is 3.38. The summed E-state index contributed by atoms with van der Waals surface area (Å²) in [6.45, 7) is 4.26. The molecule has 0 aliphatic heterocycles. The molecule has 0 saturated carbocycles. The van der Waals surface area contributed by atoms with Gasteiger partial charge >= 0.3 is 0 Å².